The zero-order chi connectivity index (χ0) is 13.8. The van der Waals surface area contributed by atoms with Crippen LogP contribution in [0.25, 0.3) is 0 Å². The van der Waals surface area contributed by atoms with Gasteiger partial charge in [-0.3, -0.25) is 0 Å². The minimum Gasteiger partial charge on any atom is -0.487 e. The fraction of sp³-hybridized carbons (Fsp3) is 0.357. The molecule has 1 aromatic carbocycles. The van der Waals surface area contributed by atoms with Gasteiger partial charge in [-0.2, -0.15) is 0 Å². The van der Waals surface area contributed by atoms with Crippen molar-refractivity contribution in [1.82, 2.24) is 4.98 Å². The summed E-state index contributed by atoms with van der Waals surface area (Å²) in [4.78, 5) is 4.38. The van der Waals surface area contributed by atoms with Crippen molar-refractivity contribution >= 4 is 11.3 Å². The topological polar surface area (TPSA) is 42.4 Å². The summed E-state index contributed by atoms with van der Waals surface area (Å²) in [6, 6.07) is 4.13. The van der Waals surface area contributed by atoms with Crippen LogP contribution in [-0.4, -0.2) is 10.1 Å². The quantitative estimate of drug-likeness (QED) is 0.912. The lowest BCUT2D eigenvalue weighted by Crippen LogP contribution is -2.02. The van der Waals surface area contributed by atoms with Crippen molar-refractivity contribution in [2.45, 2.75) is 33.0 Å². The van der Waals surface area contributed by atoms with E-state index in [1.807, 2.05) is 12.3 Å². The molecular formula is C14H16FNO2S. The highest BCUT2D eigenvalue weighted by atomic mass is 32.1. The van der Waals surface area contributed by atoms with Crippen LogP contribution in [0.4, 0.5) is 4.39 Å². The second-order valence-corrected chi connectivity index (χ2v) is 5.18. The molecule has 0 unspecified atom stereocenters. The van der Waals surface area contributed by atoms with Gasteiger partial charge in [0.05, 0.1) is 16.8 Å². The van der Waals surface area contributed by atoms with E-state index in [4.69, 9.17) is 4.74 Å². The lowest BCUT2D eigenvalue weighted by Gasteiger charge is -2.12. The molecule has 0 aliphatic heterocycles. The first-order valence-corrected chi connectivity index (χ1v) is 7.01. The molecule has 102 valence electrons. The zero-order valence-electron chi connectivity index (χ0n) is 10.9. The van der Waals surface area contributed by atoms with Crippen LogP contribution < -0.4 is 4.74 Å². The number of hydrogen-bond acceptors (Lipinski definition) is 4. The van der Waals surface area contributed by atoms with Gasteiger partial charge in [-0.05, 0) is 25.5 Å². The third-order valence-corrected chi connectivity index (χ3v) is 3.74. The van der Waals surface area contributed by atoms with E-state index in [0.717, 1.165) is 17.1 Å². The van der Waals surface area contributed by atoms with Crippen LogP contribution in [0.5, 0.6) is 5.75 Å². The summed E-state index contributed by atoms with van der Waals surface area (Å²) in [5.74, 6) is -0.0204. The van der Waals surface area contributed by atoms with Gasteiger partial charge in [0.2, 0.25) is 0 Å². The summed E-state index contributed by atoms with van der Waals surface area (Å²) >= 11 is 1.58. The van der Waals surface area contributed by atoms with E-state index >= 15 is 0 Å². The third kappa shape index (κ3) is 3.52. The Hall–Kier alpha value is -1.46. The van der Waals surface area contributed by atoms with Crippen molar-refractivity contribution < 1.29 is 14.2 Å². The predicted molar refractivity (Wildman–Crippen MR) is 72.9 cm³/mol. The van der Waals surface area contributed by atoms with Gasteiger partial charge >= 0.3 is 0 Å². The van der Waals surface area contributed by atoms with Gasteiger partial charge in [-0.15, -0.1) is 11.3 Å². The van der Waals surface area contributed by atoms with Gasteiger partial charge in [0, 0.05) is 17.0 Å². The Balaban J connectivity index is 2.12. The molecule has 0 spiro atoms. The van der Waals surface area contributed by atoms with Gasteiger partial charge in [0.15, 0.2) is 0 Å². The van der Waals surface area contributed by atoms with Crippen LogP contribution in [-0.2, 0) is 13.0 Å². The Labute approximate surface area is 115 Å². The Bertz CT molecular complexity index is 554. The lowest BCUT2D eigenvalue weighted by atomic mass is 10.1. The summed E-state index contributed by atoms with van der Waals surface area (Å²) < 4.78 is 18.8. The van der Waals surface area contributed by atoms with Crippen LogP contribution in [0.1, 0.15) is 36.2 Å². The molecule has 0 aliphatic carbocycles. The van der Waals surface area contributed by atoms with Crippen molar-refractivity contribution in [2.75, 3.05) is 0 Å². The molecule has 0 bridgehead atoms. The second kappa shape index (κ2) is 6.12. The van der Waals surface area contributed by atoms with Gasteiger partial charge in [0.1, 0.15) is 18.2 Å². The van der Waals surface area contributed by atoms with Crippen LogP contribution in [0.3, 0.4) is 0 Å². The summed E-state index contributed by atoms with van der Waals surface area (Å²) in [5.41, 5.74) is 1.40. The number of thiazole rings is 1. The van der Waals surface area contributed by atoms with Crippen molar-refractivity contribution in [3.8, 4) is 5.75 Å². The first-order valence-electron chi connectivity index (χ1n) is 6.13. The normalized spacial score (nSPS) is 12.4. The molecule has 1 N–H and O–H groups in total. The van der Waals surface area contributed by atoms with Gasteiger partial charge in [-0.1, -0.05) is 6.92 Å². The number of rotatable bonds is 5. The van der Waals surface area contributed by atoms with E-state index in [1.165, 1.54) is 18.2 Å². The van der Waals surface area contributed by atoms with E-state index in [-0.39, 0.29) is 12.4 Å². The first kappa shape index (κ1) is 14.0. The number of nitrogens with zero attached hydrogens (tertiary/aromatic N) is 1. The summed E-state index contributed by atoms with van der Waals surface area (Å²) in [6.07, 6.45) is 0.195. The highest BCUT2D eigenvalue weighted by Gasteiger charge is 2.11. The summed E-state index contributed by atoms with van der Waals surface area (Å²) in [7, 11) is 0. The van der Waals surface area contributed by atoms with Crippen molar-refractivity contribution in [1.29, 1.82) is 0 Å². The van der Waals surface area contributed by atoms with Crippen molar-refractivity contribution in [3.63, 3.8) is 0 Å². The summed E-state index contributed by atoms with van der Waals surface area (Å²) in [5, 5.41) is 12.6. The molecule has 2 rings (SSSR count). The van der Waals surface area contributed by atoms with Crippen molar-refractivity contribution in [2.24, 2.45) is 0 Å². The molecule has 0 aliphatic rings. The molecule has 3 nitrogen and oxygen atoms in total. The molecule has 1 heterocycles. The first-order chi connectivity index (χ1) is 9.10. The summed E-state index contributed by atoms with van der Waals surface area (Å²) in [6.45, 7) is 3.94. The Morgan fingerprint density at radius 2 is 2.26 bits per heavy atom. The number of halogens is 1. The second-order valence-electron chi connectivity index (χ2n) is 4.23. The average molecular weight is 281 g/mol. The SMILES string of the molecule is CCc1nc(COc2cc(F)ccc2[C@@H](C)O)cs1. The lowest BCUT2D eigenvalue weighted by molar-refractivity contribution is 0.189. The monoisotopic (exact) mass is 281 g/mol. The standard InChI is InChI=1S/C14H16FNO2S/c1-3-14-16-11(8-19-14)7-18-13-6-10(15)4-5-12(13)9(2)17/h4-6,8-9,17H,3,7H2,1-2H3/t9-/m1/s1. The Morgan fingerprint density at radius 3 is 2.89 bits per heavy atom. The predicted octanol–water partition coefficient (Wildman–Crippen LogP) is 3.48. The highest BCUT2D eigenvalue weighted by molar-refractivity contribution is 7.09. The molecule has 2 aromatic rings. The minimum atomic E-state index is -0.697. The van der Waals surface area contributed by atoms with Gasteiger partial charge in [-0.25, -0.2) is 9.37 Å². The minimum absolute atomic E-state index is 0.277. The maximum atomic E-state index is 13.2. The number of ether oxygens (including phenoxy) is 1. The third-order valence-electron chi connectivity index (χ3n) is 2.70. The van der Waals surface area contributed by atoms with E-state index in [9.17, 15) is 9.50 Å². The maximum Gasteiger partial charge on any atom is 0.131 e. The van der Waals surface area contributed by atoms with Crippen LogP contribution >= 0.6 is 11.3 Å². The molecule has 19 heavy (non-hydrogen) atoms. The van der Waals surface area contributed by atoms with Crippen molar-refractivity contribution in [3.05, 3.63) is 45.7 Å². The number of aliphatic hydroxyl groups is 1. The fourth-order valence-electron chi connectivity index (χ4n) is 1.71. The van der Waals surface area contributed by atoms with Crippen LogP contribution in [0.2, 0.25) is 0 Å². The number of hydrogen-bond donors (Lipinski definition) is 1. The average Bonchev–Trinajstić information content (AvgIpc) is 2.84. The van der Waals surface area contributed by atoms with E-state index in [2.05, 4.69) is 4.98 Å². The Kier molecular flexibility index (Phi) is 4.50. The van der Waals surface area contributed by atoms with E-state index in [0.29, 0.717) is 11.3 Å². The van der Waals surface area contributed by atoms with Gasteiger partial charge < -0.3 is 9.84 Å². The number of benzene rings is 1. The Morgan fingerprint density at radius 1 is 1.47 bits per heavy atom. The van der Waals surface area contributed by atoms with Gasteiger partial charge in [0.25, 0.3) is 0 Å². The largest absolute Gasteiger partial charge is 0.487 e. The number of aromatic nitrogens is 1. The molecule has 1 atom stereocenters. The number of aryl methyl sites for hydroxylation is 1. The smallest absolute Gasteiger partial charge is 0.131 e. The molecule has 0 amide bonds. The molecule has 0 saturated heterocycles. The molecule has 0 fully saturated rings. The molecule has 0 saturated carbocycles. The zero-order valence-corrected chi connectivity index (χ0v) is 11.7. The van der Waals surface area contributed by atoms with E-state index < -0.39 is 6.10 Å². The van der Waals surface area contributed by atoms with Crippen LogP contribution in [0.15, 0.2) is 23.6 Å². The molecular weight excluding hydrogens is 265 g/mol. The van der Waals surface area contributed by atoms with Crippen LogP contribution in [0, 0.1) is 5.82 Å². The maximum absolute atomic E-state index is 13.2. The number of aliphatic hydroxyl groups excluding tert-OH is 1. The highest BCUT2D eigenvalue weighted by Crippen LogP contribution is 2.27. The fourth-order valence-corrected chi connectivity index (χ4v) is 2.44. The molecule has 0 radical (unpaired) electrons. The van der Waals surface area contributed by atoms with E-state index in [1.54, 1.807) is 18.3 Å². The molecule has 1 aromatic heterocycles. The molecule has 5 heteroatoms.